The highest BCUT2D eigenvalue weighted by Crippen LogP contribution is 2.13. The number of carbonyl (C=O) groups excluding carboxylic acids is 2. The highest BCUT2D eigenvalue weighted by Gasteiger charge is 2.23. The average Bonchev–Trinajstić information content (AvgIpc) is 2.61. The van der Waals surface area contributed by atoms with Gasteiger partial charge < -0.3 is 19.7 Å². The Morgan fingerprint density at radius 1 is 1.15 bits per heavy atom. The molecule has 0 spiro atoms. The molecule has 0 aliphatic carbocycles. The Bertz CT molecular complexity index is 590. The summed E-state index contributed by atoms with van der Waals surface area (Å²) in [5.74, 6) is -0.152. The van der Waals surface area contributed by atoms with Crippen molar-refractivity contribution in [3.8, 4) is 0 Å². The van der Waals surface area contributed by atoms with Crippen molar-refractivity contribution in [1.29, 1.82) is 0 Å². The second-order valence-corrected chi connectivity index (χ2v) is 8.01. The zero-order chi connectivity index (χ0) is 19.7. The second kappa shape index (κ2) is 10.3. The largest absolute Gasteiger partial charge is 0.461 e. The molecule has 1 fully saturated rings. The molecule has 0 saturated carbocycles. The number of piperidine rings is 1. The fourth-order valence-electron chi connectivity index (χ4n) is 3.03. The first-order valence-electron chi connectivity index (χ1n) is 9.73. The number of alkyl carbamates (subject to hydrolysis) is 1. The van der Waals surface area contributed by atoms with Crippen LogP contribution in [0.4, 0.5) is 4.79 Å². The van der Waals surface area contributed by atoms with Crippen LogP contribution in [0.2, 0.25) is 0 Å². The van der Waals surface area contributed by atoms with Gasteiger partial charge in [0.05, 0.1) is 0 Å². The molecule has 1 aliphatic rings. The minimum absolute atomic E-state index is 0.152. The predicted octanol–water partition coefficient (Wildman–Crippen LogP) is 3.50. The third-order valence-electron chi connectivity index (χ3n) is 4.41. The highest BCUT2D eigenvalue weighted by atomic mass is 16.6. The molecule has 0 radical (unpaired) electrons. The van der Waals surface area contributed by atoms with Crippen molar-refractivity contribution in [2.45, 2.75) is 64.7 Å². The molecule has 1 aliphatic heterocycles. The number of nitrogens with one attached hydrogen (secondary N) is 1. The molecule has 27 heavy (non-hydrogen) atoms. The molecule has 1 aromatic carbocycles. The van der Waals surface area contributed by atoms with Gasteiger partial charge in [-0.3, -0.25) is 4.79 Å². The zero-order valence-corrected chi connectivity index (χ0v) is 16.7. The fourth-order valence-corrected chi connectivity index (χ4v) is 3.03. The molecule has 0 bridgehead atoms. The van der Waals surface area contributed by atoms with E-state index in [4.69, 9.17) is 9.47 Å². The maximum absolute atomic E-state index is 11.8. The molecule has 0 aromatic heterocycles. The number of rotatable bonds is 7. The molecule has 1 saturated heterocycles. The third-order valence-corrected chi connectivity index (χ3v) is 4.41. The van der Waals surface area contributed by atoms with E-state index in [1.54, 1.807) is 0 Å². The maximum atomic E-state index is 11.8. The molecule has 6 heteroatoms. The number of esters is 1. The van der Waals surface area contributed by atoms with Gasteiger partial charge in [0.25, 0.3) is 0 Å². The van der Waals surface area contributed by atoms with Crippen LogP contribution < -0.4 is 5.32 Å². The summed E-state index contributed by atoms with van der Waals surface area (Å²) in [7, 11) is 0. The Morgan fingerprint density at radius 2 is 1.81 bits per heavy atom. The van der Waals surface area contributed by atoms with Crippen LogP contribution in [-0.4, -0.2) is 48.2 Å². The van der Waals surface area contributed by atoms with Gasteiger partial charge in [-0.05, 0) is 52.1 Å². The molecule has 0 unspecified atom stereocenters. The highest BCUT2D eigenvalue weighted by molar-refractivity contribution is 5.69. The van der Waals surface area contributed by atoms with Crippen molar-refractivity contribution in [3.05, 3.63) is 35.9 Å². The van der Waals surface area contributed by atoms with Crippen LogP contribution in [0.1, 0.15) is 52.0 Å². The first kappa shape index (κ1) is 21.2. The second-order valence-electron chi connectivity index (χ2n) is 8.01. The summed E-state index contributed by atoms with van der Waals surface area (Å²) >= 11 is 0. The molecule has 1 amide bonds. The number of hydrogen-bond donors (Lipinski definition) is 1. The van der Waals surface area contributed by atoms with Crippen LogP contribution in [0.25, 0.3) is 0 Å². The Morgan fingerprint density at radius 3 is 2.44 bits per heavy atom. The fraction of sp³-hybridized carbons (Fsp3) is 0.619. The van der Waals surface area contributed by atoms with Crippen LogP contribution in [-0.2, 0) is 20.9 Å². The molecule has 6 nitrogen and oxygen atoms in total. The number of nitrogens with zero attached hydrogens (tertiary/aromatic N) is 1. The van der Waals surface area contributed by atoms with Crippen molar-refractivity contribution in [2.75, 3.05) is 19.6 Å². The topological polar surface area (TPSA) is 67.9 Å². The summed E-state index contributed by atoms with van der Waals surface area (Å²) in [6, 6.07) is 9.87. The Kier molecular flexibility index (Phi) is 8.10. The summed E-state index contributed by atoms with van der Waals surface area (Å²) in [5.41, 5.74) is 0.533. The standard InChI is InChI=1S/C21H32N2O4/c1-21(2,3)27-20(25)22-18-11-14-23(15-12-18)13-7-10-19(24)26-16-17-8-5-4-6-9-17/h4-6,8-9,18H,7,10-16H2,1-3H3,(H,22,25). The third kappa shape index (κ3) is 8.91. The number of likely N-dealkylation sites (tertiary alicyclic amines) is 1. The Labute approximate surface area is 162 Å². The summed E-state index contributed by atoms with van der Waals surface area (Å²) in [6.45, 7) is 8.63. The van der Waals surface area contributed by atoms with Crippen molar-refractivity contribution < 1.29 is 19.1 Å². The maximum Gasteiger partial charge on any atom is 0.407 e. The SMILES string of the molecule is CC(C)(C)OC(=O)NC1CCN(CCCC(=O)OCc2ccccc2)CC1. The van der Waals surface area contributed by atoms with E-state index in [1.165, 1.54) is 0 Å². The molecule has 1 N–H and O–H groups in total. The lowest BCUT2D eigenvalue weighted by atomic mass is 10.0. The normalized spacial score (nSPS) is 16.0. The summed E-state index contributed by atoms with van der Waals surface area (Å²) in [5, 5.41) is 2.94. The Balaban J connectivity index is 1.55. The predicted molar refractivity (Wildman–Crippen MR) is 104 cm³/mol. The lowest BCUT2D eigenvalue weighted by molar-refractivity contribution is -0.145. The molecule has 2 rings (SSSR count). The smallest absolute Gasteiger partial charge is 0.407 e. The van der Waals surface area contributed by atoms with E-state index in [0.717, 1.165) is 44.5 Å². The molecular formula is C21H32N2O4. The van der Waals surface area contributed by atoms with Crippen molar-refractivity contribution in [3.63, 3.8) is 0 Å². The number of carbonyl (C=O) groups is 2. The monoisotopic (exact) mass is 376 g/mol. The zero-order valence-electron chi connectivity index (χ0n) is 16.7. The van der Waals surface area contributed by atoms with Gasteiger partial charge in [0.1, 0.15) is 12.2 Å². The number of benzene rings is 1. The van der Waals surface area contributed by atoms with Crippen LogP contribution in [0.15, 0.2) is 30.3 Å². The van der Waals surface area contributed by atoms with Crippen LogP contribution in [0.3, 0.4) is 0 Å². The average molecular weight is 376 g/mol. The lowest BCUT2D eigenvalue weighted by Gasteiger charge is -2.32. The van der Waals surface area contributed by atoms with E-state index in [1.807, 2.05) is 51.1 Å². The van der Waals surface area contributed by atoms with Crippen molar-refractivity contribution >= 4 is 12.1 Å². The van der Waals surface area contributed by atoms with E-state index in [9.17, 15) is 9.59 Å². The van der Waals surface area contributed by atoms with Gasteiger partial charge in [0, 0.05) is 25.6 Å². The summed E-state index contributed by atoms with van der Waals surface area (Å²) in [4.78, 5) is 26.0. The summed E-state index contributed by atoms with van der Waals surface area (Å²) in [6.07, 6.45) is 2.68. The molecule has 1 aromatic rings. The van der Waals surface area contributed by atoms with Gasteiger partial charge in [-0.1, -0.05) is 30.3 Å². The van der Waals surface area contributed by atoms with E-state index in [-0.39, 0.29) is 18.1 Å². The quantitative estimate of drug-likeness (QED) is 0.738. The van der Waals surface area contributed by atoms with Gasteiger partial charge in [-0.25, -0.2) is 4.79 Å². The van der Waals surface area contributed by atoms with E-state index < -0.39 is 5.60 Å². The summed E-state index contributed by atoms with van der Waals surface area (Å²) < 4.78 is 10.6. The number of ether oxygens (including phenoxy) is 2. The lowest BCUT2D eigenvalue weighted by Crippen LogP contribution is -2.46. The van der Waals surface area contributed by atoms with Gasteiger partial charge in [0.15, 0.2) is 0 Å². The van der Waals surface area contributed by atoms with Crippen molar-refractivity contribution in [1.82, 2.24) is 10.2 Å². The number of amides is 1. The van der Waals surface area contributed by atoms with Crippen LogP contribution in [0.5, 0.6) is 0 Å². The van der Waals surface area contributed by atoms with Gasteiger partial charge in [0.2, 0.25) is 0 Å². The van der Waals surface area contributed by atoms with Gasteiger partial charge in [-0.2, -0.15) is 0 Å². The van der Waals surface area contributed by atoms with E-state index >= 15 is 0 Å². The van der Waals surface area contributed by atoms with Gasteiger partial charge >= 0.3 is 12.1 Å². The minimum Gasteiger partial charge on any atom is -0.461 e. The minimum atomic E-state index is -0.472. The molecular weight excluding hydrogens is 344 g/mol. The van der Waals surface area contributed by atoms with Crippen LogP contribution >= 0.6 is 0 Å². The molecule has 150 valence electrons. The Hall–Kier alpha value is -2.08. The first-order chi connectivity index (χ1) is 12.8. The van der Waals surface area contributed by atoms with Crippen LogP contribution in [0, 0.1) is 0 Å². The van der Waals surface area contributed by atoms with Gasteiger partial charge in [-0.15, -0.1) is 0 Å². The van der Waals surface area contributed by atoms with E-state index in [2.05, 4.69) is 10.2 Å². The molecule has 1 heterocycles. The number of hydrogen-bond acceptors (Lipinski definition) is 5. The van der Waals surface area contributed by atoms with Crippen molar-refractivity contribution in [2.24, 2.45) is 0 Å². The van der Waals surface area contributed by atoms with E-state index in [0.29, 0.717) is 13.0 Å². The molecule has 0 atom stereocenters. The first-order valence-corrected chi connectivity index (χ1v) is 9.73.